The molecule has 4 nitrogen and oxygen atoms in total. The molecule has 2 N–H and O–H groups in total. The molecule has 0 saturated heterocycles. The summed E-state index contributed by atoms with van der Waals surface area (Å²) in [6.45, 7) is 0. The minimum atomic E-state index is -0.148. The average molecular weight is 295 g/mol. The van der Waals surface area contributed by atoms with Gasteiger partial charge in [-0.3, -0.25) is 4.79 Å². The normalized spacial score (nSPS) is 10.8. The summed E-state index contributed by atoms with van der Waals surface area (Å²) in [6.07, 6.45) is 5.14. The second-order valence-electron chi connectivity index (χ2n) is 3.69. The van der Waals surface area contributed by atoms with E-state index in [1.807, 2.05) is 6.08 Å². The molecule has 0 spiro atoms. The zero-order valence-corrected chi connectivity index (χ0v) is 11.6. The third-order valence-corrected chi connectivity index (χ3v) is 3.63. The molecule has 2 rings (SSSR count). The van der Waals surface area contributed by atoms with Crippen LogP contribution in [0.4, 0.5) is 0 Å². The molecule has 98 valence electrons. The molecular weight excluding hydrogens is 284 g/mol. The zero-order valence-electron chi connectivity index (χ0n) is 10.1. The van der Waals surface area contributed by atoms with Gasteiger partial charge in [0, 0.05) is 7.05 Å². The highest BCUT2D eigenvalue weighted by molar-refractivity contribution is 7.14. The van der Waals surface area contributed by atoms with Crippen LogP contribution in [-0.4, -0.2) is 23.0 Å². The number of aromatic nitrogens is 1. The standard InChI is InChI=1S/C13H11ClN2O2S/c1-15-13(18)11-7-16-12(19-11)5-3-8-2-4-10(17)9(14)6-8/h2-7,17H,1H3,(H,15,18)/b5-3-. The van der Waals surface area contributed by atoms with Crippen LogP contribution in [-0.2, 0) is 0 Å². The first-order chi connectivity index (χ1) is 9.10. The van der Waals surface area contributed by atoms with E-state index in [1.165, 1.54) is 23.6 Å². The van der Waals surface area contributed by atoms with Crippen molar-refractivity contribution in [3.63, 3.8) is 0 Å². The van der Waals surface area contributed by atoms with Crippen LogP contribution < -0.4 is 5.32 Å². The van der Waals surface area contributed by atoms with Crippen LogP contribution in [0.2, 0.25) is 5.02 Å². The number of aromatic hydroxyl groups is 1. The number of carbonyl (C=O) groups is 1. The topological polar surface area (TPSA) is 62.2 Å². The minimum absolute atomic E-state index is 0.0509. The summed E-state index contributed by atoms with van der Waals surface area (Å²) in [5.74, 6) is -0.0974. The number of phenols is 1. The number of carbonyl (C=O) groups excluding carboxylic acids is 1. The summed E-state index contributed by atoms with van der Waals surface area (Å²) in [5.41, 5.74) is 0.847. The molecule has 0 aliphatic rings. The van der Waals surface area contributed by atoms with Gasteiger partial charge in [-0.25, -0.2) is 4.98 Å². The number of hydrogen-bond acceptors (Lipinski definition) is 4. The van der Waals surface area contributed by atoms with Crippen LogP contribution in [0.15, 0.2) is 24.4 Å². The van der Waals surface area contributed by atoms with Gasteiger partial charge in [0.2, 0.25) is 0 Å². The zero-order chi connectivity index (χ0) is 13.8. The Bertz CT molecular complexity index is 637. The lowest BCUT2D eigenvalue weighted by molar-refractivity contribution is 0.0967. The van der Waals surface area contributed by atoms with Gasteiger partial charge in [-0.2, -0.15) is 0 Å². The van der Waals surface area contributed by atoms with Crippen molar-refractivity contribution in [3.8, 4) is 5.75 Å². The Kier molecular flexibility index (Phi) is 4.19. The van der Waals surface area contributed by atoms with E-state index in [9.17, 15) is 9.90 Å². The Morgan fingerprint density at radius 2 is 2.26 bits per heavy atom. The summed E-state index contributed by atoms with van der Waals surface area (Å²) in [6, 6.07) is 4.92. The first kappa shape index (κ1) is 13.6. The molecule has 1 heterocycles. The van der Waals surface area contributed by atoms with Crippen molar-refractivity contribution in [2.45, 2.75) is 0 Å². The number of hydrogen-bond donors (Lipinski definition) is 2. The molecule has 0 radical (unpaired) electrons. The lowest BCUT2D eigenvalue weighted by Crippen LogP contribution is -2.16. The van der Waals surface area contributed by atoms with Crippen molar-refractivity contribution in [3.05, 3.63) is 44.9 Å². The van der Waals surface area contributed by atoms with E-state index in [1.54, 1.807) is 25.3 Å². The molecule has 0 aliphatic heterocycles. The van der Waals surface area contributed by atoms with Crippen molar-refractivity contribution in [1.82, 2.24) is 10.3 Å². The molecule has 0 saturated carbocycles. The van der Waals surface area contributed by atoms with Gasteiger partial charge in [0.1, 0.15) is 15.6 Å². The number of nitrogens with zero attached hydrogens (tertiary/aromatic N) is 1. The molecule has 0 unspecified atom stereocenters. The molecule has 1 aromatic heterocycles. The SMILES string of the molecule is CNC(=O)c1cnc(/C=C\c2ccc(O)c(Cl)c2)s1. The Hall–Kier alpha value is -1.85. The van der Waals surface area contributed by atoms with Crippen molar-refractivity contribution in [2.24, 2.45) is 0 Å². The number of nitrogens with one attached hydrogen (secondary N) is 1. The van der Waals surface area contributed by atoms with Gasteiger partial charge >= 0.3 is 0 Å². The van der Waals surface area contributed by atoms with Gasteiger partial charge < -0.3 is 10.4 Å². The monoisotopic (exact) mass is 294 g/mol. The number of amides is 1. The molecular formula is C13H11ClN2O2S. The second-order valence-corrected chi connectivity index (χ2v) is 5.16. The first-order valence-electron chi connectivity index (χ1n) is 5.44. The number of halogens is 1. The van der Waals surface area contributed by atoms with Crippen molar-refractivity contribution in [1.29, 1.82) is 0 Å². The maximum absolute atomic E-state index is 11.4. The van der Waals surface area contributed by atoms with Gasteiger partial charge in [0.05, 0.1) is 11.2 Å². The molecule has 2 aromatic rings. The van der Waals surface area contributed by atoms with E-state index in [0.29, 0.717) is 9.90 Å². The maximum Gasteiger partial charge on any atom is 0.262 e. The fraction of sp³-hybridized carbons (Fsp3) is 0.0769. The average Bonchev–Trinajstić information content (AvgIpc) is 2.88. The molecule has 1 aromatic carbocycles. The van der Waals surface area contributed by atoms with E-state index in [-0.39, 0.29) is 11.7 Å². The lowest BCUT2D eigenvalue weighted by atomic mass is 10.2. The Balaban J connectivity index is 2.16. The van der Waals surface area contributed by atoms with Gasteiger partial charge in [0.25, 0.3) is 5.91 Å². The number of phenolic OH excluding ortho intramolecular Hbond substituents is 1. The highest BCUT2D eigenvalue weighted by Gasteiger charge is 2.06. The van der Waals surface area contributed by atoms with Crippen LogP contribution in [0.5, 0.6) is 5.75 Å². The van der Waals surface area contributed by atoms with Crippen molar-refractivity contribution >= 4 is 41.0 Å². The minimum Gasteiger partial charge on any atom is -0.506 e. The van der Waals surface area contributed by atoms with E-state index in [2.05, 4.69) is 10.3 Å². The van der Waals surface area contributed by atoms with Gasteiger partial charge in [-0.15, -0.1) is 11.3 Å². The van der Waals surface area contributed by atoms with Crippen LogP contribution in [0.3, 0.4) is 0 Å². The molecule has 0 aliphatic carbocycles. The fourth-order valence-electron chi connectivity index (χ4n) is 1.39. The largest absolute Gasteiger partial charge is 0.506 e. The van der Waals surface area contributed by atoms with Crippen molar-refractivity contribution < 1.29 is 9.90 Å². The Labute approximate surface area is 119 Å². The van der Waals surface area contributed by atoms with Gasteiger partial charge in [-0.1, -0.05) is 23.7 Å². The van der Waals surface area contributed by atoms with Gasteiger partial charge in [-0.05, 0) is 23.8 Å². The van der Waals surface area contributed by atoms with E-state index in [4.69, 9.17) is 11.6 Å². The lowest BCUT2D eigenvalue weighted by Gasteiger charge is -1.97. The predicted octanol–water partition coefficient (Wildman–Crippen LogP) is 3.03. The maximum atomic E-state index is 11.4. The van der Waals surface area contributed by atoms with Crippen LogP contribution in [0.1, 0.15) is 20.2 Å². The van der Waals surface area contributed by atoms with Crippen LogP contribution in [0, 0.1) is 0 Å². The Morgan fingerprint density at radius 3 is 2.95 bits per heavy atom. The third kappa shape index (κ3) is 3.33. The number of thiazole rings is 1. The fourth-order valence-corrected chi connectivity index (χ4v) is 2.34. The highest BCUT2D eigenvalue weighted by atomic mass is 35.5. The second kappa shape index (κ2) is 5.86. The summed E-state index contributed by atoms with van der Waals surface area (Å²) in [4.78, 5) is 16.1. The van der Waals surface area contributed by atoms with Crippen molar-refractivity contribution in [2.75, 3.05) is 7.05 Å². The summed E-state index contributed by atoms with van der Waals surface area (Å²) in [7, 11) is 1.58. The van der Waals surface area contributed by atoms with E-state index >= 15 is 0 Å². The summed E-state index contributed by atoms with van der Waals surface area (Å²) < 4.78 is 0. The Morgan fingerprint density at radius 1 is 1.47 bits per heavy atom. The molecule has 6 heteroatoms. The number of rotatable bonds is 3. The molecule has 0 atom stereocenters. The van der Waals surface area contributed by atoms with E-state index < -0.39 is 0 Å². The summed E-state index contributed by atoms with van der Waals surface area (Å²) >= 11 is 7.11. The molecule has 0 fully saturated rings. The smallest absolute Gasteiger partial charge is 0.262 e. The van der Waals surface area contributed by atoms with Gasteiger partial charge in [0.15, 0.2) is 0 Å². The number of benzene rings is 1. The van der Waals surface area contributed by atoms with Crippen LogP contribution >= 0.6 is 22.9 Å². The predicted molar refractivity (Wildman–Crippen MR) is 77.5 cm³/mol. The summed E-state index contributed by atoms with van der Waals surface area (Å²) in [5, 5.41) is 12.9. The van der Waals surface area contributed by atoms with Crippen LogP contribution in [0.25, 0.3) is 12.2 Å². The molecule has 0 bridgehead atoms. The molecule has 1 amide bonds. The highest BCUT2D eigenvalue weighted by Crippen LogP contribution is 2.25. The third-order valence-electron chi connectivity index (χ3n) is 2.36. The molecule has 19 heavy (non-hydrogen) atoms. The quantitative estimate of drug-likeness (QED) is 0.914. The van der Waals surface area contributed by atoms with E-state index in [0.717, 1.165) is 10.6 Å². The first-order valence-corrected chi connectivity index (χ1v) is 6.64.